The highest BCUT2D eigenvalue weighted by Crippen LogP contribution is 2.35. The maximum absolute atomic E-state index is 13.0. The summed E-state index contributed by atoms with van der Waals surface area (Å²) in [5.41, 5.74) is 1.67. The van der Waals surface area contributed by atoms with Crippen LogP contribution in [0.25, 0.3) is 0 Å². The zero-order valence-corrected chi connectivity index (χ0v) is 17.1. The largest absolute Gasteiger partial charge is 0.507 e. The second kappa shape index (κ2) is 9.21. The smallest absolute Gasteiger partial charge is 0.319 e. The fraction of sp³-hybridized carbons (Fsp3) is 0.273. The third kappa shape index (κ3) is 4.65. The second-order valence-electron chi connectivity index (χ2n) is 6.82. The van der Waals surface area contributed by atoms with Crippen LogP contribution < -0.4 is 25.4 Å². The summed E-state index contributed by atoms with van der Waals surface area (Å²) in [7, 11) is 1.56. The van der Waals surface area contributed by atoms with Gasteiger partial charge in [-0.2, -0.15) is 0 Å². The first-order chi connectivity index (χ1) is 14.4. The van der Waals surface area contributed by atoms with Crippen LogP contribution in [0, 0.1) is 0 Å². The molecule has 1 atom stereocenters. The quantitative estimate of drug-likeness (QED) is 0.558. The number of amides is 3. The molecule has 0 saturated heterocycles. The molecule has 158 valence electrons. The molecule has 1 heterocycles. The fourth-order valence-corrected chi connectivity index (χ4v) is 3.18. The van der Waals surface area contributed by atoms with Crippen LogP contribution in [0.5, 0.6) is 17.2 Å². The number of carbonyl (C=O) groups excluding carboxylic acids is 2. The average Bonchev–Trinajstić information content (AvgIpc) is 2.72. The Kier molecular flexibility index (Phi) is 6.46. The zero-order chi connectivity index (χ0) is 21.7. The summed E-state index contributed by atoms with van der Waals surface area (Å²) in [5, 5.41) is 18.7. The maximum Gasteiger partial charge on any atom is 0.319 e. The standard InChI is InChI=1S/C22H25N3O5/c1-4-11-30-16-9-10-17(18(26)12-16)20-19(13(2)23-22(28)25-20)21(27)24-14-5-7-15(29-3)8-6-14/h5-10,12,20,26H,4,11H2,1-3H3,(H,24,27)(H2,23,25,28)/t20-/m0/s1. The van der Waals surface area contributed by atoms with Crippen molar-refractivity contribution in [2.24, 2.45) is 0 Å². The van der Waals surface area contributed by atoms with Crippen molar-refractivity contribution < 1.29 is 24.2 Å². The molecule has 3 rings (SSSR count). The number of allylic oxidation sites excluding steroid dienone is 1. The van der Waals surface area contributed by atoms with Crippen LogP contribution in [-0.4, -0.2) is 30.8 Å². The van der Waals surface area contributed by atoms with E-state index in [4.69, 9.17) is 9.47 Å². The maximum atomic E-state index is 13.0. The van der Waals surface area contributed by atoms with Crippen LogP contribution in [0.15, 0.2) is 53.7 Å². The number of phenolic OH excluding ortho intramolecular Hbond substituents is 1. The summed E-state index contributed by atoms with van der Waals surface area (Å²) >= 11 is 0. The monoisotopic (exact) mass is 411 g/mol. The molecule has 2 aromatic rings. The molecule has 8 nitrogen and oxygen atoms in total. The summed E-state index contributed by atoms with van der Waals surface area (Å²) in [6, 6.07) is 10.4. The molecule has 0 aromatic heterocycles. The number of hydrogen-bond donors (Lipinski definition) is 4. The molecular formula is C22H25N3O5. The van der Waals surface area contributed by atoms with Crippen LogP contribution in [0.4, 0.5) is 10.5 Å². The predicted molar refractivity (Wildman–Crippen MR) is 113 cm³/mol. The van der Waals surface area contributed by atoms with E-state index in [0.29, 0.717) is 40.6 Å². The average molecular weight is 411 g/mol. The molecule has 4 N–H and O–H groups in total. The number of rotatable bonds is 7. The number of urea groups is 1. The number of ether oxygens (including phenoxy) is 2. The number of aromatic hydroxyl groups is 1. The van der Waals surface area contributed by atoms with Gasteiger partial charge < -0.3 is 30.5 Å². The van der Waals surface area contributed by atoms with Gasteiger partial charge in [0.15, 0.2) is 0 Å². The first kappa shape index (κ1) is 21.0. The lowest BCUT2D eigenvalue weighted by Crippen LogP contribution is -2.46. The molecule has 0 bridgehead atoms. The Balaban J connectivity index is 1.89. The van der Waals surface area contributed by atoms with Crippen LogP contribution in [0.1, 0.15) is 31.9 Å². The van der Waals surface area contributed by atoms with Crippen molar-refractivity contribution in [1.82, 2.24) is 10.6 Å². The van der Waals surface area contributed by atoms with Crippen molar-refractivity contribution >= 4 is 17.6 Å². The minimum atomic E-state index is -0.822. The first-order valence-corrected chi connectivity index (χ1v) is 9.62. The first-order valence-electron chi connectivity index (χ1n) is 9.62. The minimum absolute atomic E-state index is 0.0710. The highest BCUT2D eigenvalue weighted by Gasteiger charge is 2.32. The van der Waals surface area contributed by atoms with Gasteiger partial charge >= 0.3 is 6.03 Å². The molecule has 1 aliphatic heterocycles. The highest BCUT2D eigenvalue weighted by molar-refractivity contribution is 6.06. The molecule has 0 radical (unpaired) electrons. The van der Waals surface area contributed by atoms with E-state index >= 15 is 0 Å². The van der Waals surface area contributed by atoms with Crippen molar-refractivity contribution in [3.63, 3.8) is 0 Å². The Bertz CT molecular complexity index is 969. The molecule has 0 fully saturated rings. The molecular weight excluding hydrogens is 386 g/mol. The summed E-state index contributed by atoms with van der Waals surface area (Å²) in [4.78, 5) is 25.1. The lowest BCUT2D eigenvalue weighted by atomic mass is 9.94. The summed E-state index contributed by atoms with van der Waals surface area (Å²) < 4.78 is 10.7. The predicted octanol–water partition coefficient (Wildman–Crippen LogP) is 3.46. The van der Waals surface area contributed by atoms with Gasteiger partial charge in [0.05, 0.1) is 25.3 Å². The number of anilines is 1. The topological polar surface area (TPSA) is 109 Å². The Morgan fingerprint density at radius 2 is 1.87 bits per heavy atom. The number of carbonyl (C=O) groups is 2. The SMILES string of the molecule is CCCOc1ccc([C@@H]2NC(=O)NC(C)=C2C(=O)Nc2ccc(OC)cc2)c(O)c1. The normalized spacial score (nSPS) is 15.8. The van der Waals surface area contributed by atoms with Crippen molar-refractivity contribution in [2.45, 2.75) is 26.3 Å². The van der Waals surface area contributed by atoms with Gasteiger partial charge in [0.1, 0.15) is 17.2 Å². The molecule has 30 heavy (non-hydrogen) atoms. The van der Waals surface area contributed by atoms with E-state index < -0.39 is 18.0 Å². The van der Waals surface area contributed by atoms with Crippen LogP contribution in [-0.2, 0) is 4.79 Å². The van der Waals surface area contributed by atoms with Gasteiger partial charge in [0.25, 0.3) is 5.91 Å². The molecule has 3 amide bonds. The van der Waals surface area contributed by atoms with Gasteiger partial charge in [0, 0.05) is 23.0 Å². The molecule has 0 aliphatic carbocycles. The van der Waals surface area contributed by atoms with Gasteiger partial charge in [-0.25, -0.2) is 4.79 Å². The van der Waals surface area contributed by atoms with Crippen molar-refractivity contribution in [3.8, 4) is 17.2 Å². The summed E-state index contributed by atoms with van der Waals surface area (Å²) in [6.07, 6.45) is 0.838. The van der Waals surface area contributed by atoms with Gasteiger partial charge in [-0.05, 0) is 49.7 Å². The van der Waals surface area contributed by atoms with Crippen molar-refractivity contribution in [2.75, 3.05) is 19.0 Å². The van der Waals surface area contributed by atoms with Crippen LogP contribution in [0.2, 0.25) is 0 Å². The highest BCUT2D eigenvalue weighted by atomic mass is 16.5. The lowest BCUT2D eigenvalue weighted by Gasteiger charge is -2.29. The van der Waals surface area contributed by atoms with E-state index in [1.54, 1.807) is 50.4 Å². The number of methoxy groups -OCH3 is 1. The van der Waals surface area contributed by atoms with E-state index in [1.807, 2.05) is 6.92 Å². The van der Waals surface area contributed by atoms with E-state index in [1.165, 1.54) is 6.07 Å². The van der Waals surface area contributed by atoms with E-state index in [9.17, 15) is 14.7 Å². The van der Waals surface area contributed by atoms with E-state index in [2.05, 4.69) is 16.0 Å². The van der Waals surface area contributed by atoms with Crippen molar-refractivity contribution in [1.29, 1.82) is 0 Å². The fourth-order valence-electron chi connectivity index (χ4n) is 3.18. The molecule has 0 unspecified atom stereocenters. The Morgan fingerprint density at radius 1 is 1.17 bits per heavy atom. The van der Waals surface area contributed by atoms with Gasteiger partial charge in [-0.1, -0.05) is 6.92 Å². The van der Waals surface area contributed by atoms with Crippen molar-refractivity contribution in [3.05, 3.63) is 59.3 Å². The third-order valence-corrected chi connectivity index (χ3v) is 4.65. The van der Waals surface area contributed by atoms with Gasteiger partial charge in [-0.15, -0.1) is 0 Å². The Morgan fingerprint density at radius 3 is 2.50 bits per heavy atom. The Labute approximate surface area is 174 Å². The number of nitrogens with one attached hydrogen (secondary N) is 3. The minimum Gasteiger partial charge on any atom is -0.507 e. The number of benzene rings is 2. The van der Waals surface area contributed by atoms with Gasteiger partial charge in [-0.3, -0.25) is 4.79 Å². The number of phenols is 1. The molecule has 2 aromatic carbocycles. The van der Waals surface area contributed by atoms with E-state index in [0.717, 1.165) is 6.42 Å². The van der Waals surface area contributed by atoms with Gasteiger partial charge in [0.2, 0.25) is 0 Å². The van der Waals surface area contributed by atoms with E-state index in [-0.39, 0.29) is 5.75 Å². The van der Waals surface area contributed by atoms with Crippen LogP contribution in [0.3, 0.4) is 0 Å². The zero-order valence-electron chi connectivity index (χ0n) is 17.1. The third-order valence-electron chi connectivity index (χ3n) is 4.65. The summed E-state index contributed by atoms with van der Waals surface area (Å²) in [5.74, 6) is 0.714. The Hall–Kier alpha value is -3.68. The molecule has 0 saturated carbocycles. The lowest BCUT2D eigenvalue weighted by molar-refractivity contribution is -0.113. The van der Waals surface area contributed by atoms with Crippen LogP contribution >= 0.6 is 0 Å². The summed E-state index contributed by atoms with van der Waals surface area (Å²) in [6.45, 7) is 4.15. The molecule has 1 aliphatic rings. The molecule has 8 heteroatoms. The number of hydrogen-bond acceptors (Lipinski definition) is 5. The molecule has 0 spiro atoms. The second-order valence-corrected chi connectivity index (χ2v) is 6.82.